The lowest BCUT2D eigenvalue weighted by Gasteiger charge is -2.38. The van der Waals surface area contributed by atoms with Gasteiger partial charge in [0.05, 0.1) is 0 Å². The van der Waals surface area contributed by atoms with Crippen LogP contribution in [0, 0.1) is 5.41 Å². The van der Waals surface area contributed by atoms with Crippen LogP contribution in [0.4, 0.5) is 4.79 Å². The molecule has 134 valence electrons. The molecule has 1 fully saturated rings. The summed E-state index contributed by atoms with van der Waals surface area (Å²) in [6.45, 7) is 6.51. The van der Waals surface area contributed by atoms with Crippen molar-refractivity contribution in [2.24, 2.45) is 11.1 Å². The molecule has 6 heteroatoms. The van der Waals surface area contributed by atoms with Gasteiger partial charge in [0, 0.05) is 29.6 Å². The number of ketones is 1. The molecule has 1 heterocycles. The topological polar surface area (TPSA) is 89.7 Å². The minimum Gasteiger partial charge on any atom is -0.444 e. The van der Waals surface area contributed by atoms with Gasteiger partial charge < -0.3 is 15.4 Å². The minimum absolute atomic E-state index is 0.0643. The molecular weight excluding hydrogens is 320 g/mol. The number of hydrogen-bond donors (Lipinski definition) is 1. The van der Waals surface area contributed by atoms with Crippen LogP contribution in [-0.4, -0.2) is 41.4 Å². The Bertz CT molecular complexity index is 740. The van der Waals surface area contributed by atoms with E-state index in [-0.39, 0.29) is 11.9 Å². The fraction of sp³-hybridized carbons (Fsp3) is 0.526. The summed E-state index contributed by atoms with van der Waals surface area (Å²) in [5.41, 5.74) is 6.23. The first-order valence-electron chi connectivity index (χ1n) is 8.57. The number of carbonyl (C=O) groups excluding carboxylic acids is 3. The lowest BCUT2D eigenvalue weighted by molar-refractivity contribution is 0.0114. The van der Waals surface area contributed by atoms with E-state index in [9.17, 15) is 14.4 Å². The summed E-state index contributed by atoms with van der Waals surface area (Å²) in [5, 5.41) is 0. The zero-order valence-corrected chi connectivity index (χ0v) is 14.9. The SMILES string of the molecule is CC(C)(C)OC(=O)N1CCC2(CC1)Cc1ccc(C(N)=O)cc1C2=O. The Labute approximate surface area is 147 Å². The molecule has 2 aliphatic rings. The number of piperidine rings is 1. The normalized spacial score (nSPS) is 19.0. The van der Waals surface area contributed by atoms with E-state index in [1.807, 2.05) is 26.8 Å². The van der Waals surface area contributed by atoms with Crippen molar-refractivity contribution in [1.29, 1.82) is 0 Å². The molecule has 0 radical (unpaired) electrons. The number of Topliss-reactive ketones (excluding diaryl/α,β-unsaturated/α-hetero) is 1. The molecule has 2 amide bonds. The van der Waals surface area contributed by atoms with Crippen molar-refractivity contribution < 1.29 is 19.1 Å². The Hall–Kier alpha value is -2.37. The zero-order chi connectivity index (χ0) is 18.4. The second-order valence-electron chi connectivity index (χ2n) is 7.99. The van der Waals surface area contributed by atoms with Crippen LogP contribution in [0.3, 0.4) is 0 Å². The molecule has 6 nitrogen and oxygen atoms in total. The van der Waals surface area contributed by atoms with Crippen LogP contribution in [0.25, 0.3) is 0 Å². The van der Waals surface area contributed by atoms with Crippen LogP contribution in [-0.2, 0) is 11.2 Å². The van der Waals surface area contributed by atoms with Crippen molar-refractivity contribution in [2.75, 3.05) is 13.1 Å². The molecule has 1 aliphatic heterocycles. The van der Waals surface area contributed by atoms with E-state index in [2.05, 4.69) is 0 Å². The average molecular weight is 344 g/mol. The molecule has 0 saturated carbocycles. The molecular formula is C19H24N2O4. The van der Waals surface area contributed by atoms with Gasteiger partial charge in [-0.15, -0.1) is 0 Å². The largest absolute Gasteiger partial charge is 0.444 e. The Kier molecular flexibility index (Phi) is 4.09. The minimum atomic E-state index is -0.531. The first-order valence-corrected chi connectivity index (χ1v) is 8.57. The number of fused-ring (bicyclic) bond motifs is 1. The number of carbonyl (C=O) groups is 3. The van der Waals surface area contributed by atoms with E-state index >= 15 is 0 Å². The Balaban J connectivity index is 1.73. The van der Waals surface area contributed by atoms with Crippen LogP contribution in [0.15, 0.2) is 18.2 Å². The highest BCUT2D eigenvalue weighted by Gasteiger charge is 2.48. The molecule has 25 heavy (non-hydrogen) atoms. The summed E-state index contributed by atoms with van der Waals surface area (Å²) in [4.78, 5) is 38.2. The Morgan fingerprint density at radius 1 is 1.20 bits per heavy atom. The number of ether oxygens (including phenoxy) is 1. The smallest absolute Gasteiger partial charge is 0.410 e. The highest BCUT2D eigenvalue weighted by Crippen LogP contribution is 2.44. The van der Waals surface area contributed by atoms with Crippen LogP contribution in [0.1, 0.15) is 59.9 Å². The third-order valence-electron chi connectivity index (χ3n) is 5.02. The second kappa shape index (κ2) is 5.86. The molecule has 0 aromatic heterocycles. The third kappa shape index (κ3) is 3.25. The molecule has 3 rings (SSSR count). The lowest BCUT2D eigenvalue weighted by atomic mass is 9.75. The van der Waals surface area contributed by atoms with Crippen molar-refractivity contribution in [1.82, 2.24) is 4.90 Å². The lowest BCUT2D eigenvalue weighted by Crippen LogP contribution is -2.47. The van der Waals surface area contributed by atoms with Gasteiger partial charge in [-0.1, -0.05) is 6.07 Å². The van der Waals surface area contributed by atoms with Crippen LogP contribution >= 0.6 is 0 Å². The Morgan fingerprint density at radius 3 is 2.40 bits per heavy atom. The zero-order valence-electron chi connectivity index (χ0n) is 14.9. The summed E-state index contributed by atoms with van der Waals surface area (Å²) in [6.07, 6.45) is 1.53. The molecule has 1 aliphatic carbocycles. The van der Waals surface area contributed by atoms with E-state index in [1.54, 1.807) is 17.0 Å². The van der Waals surface area contributed by atoms with Crippen molar-refractivity contribution in [2.45, 2.75) is 45.6 Å². The number of hydrogen-bond acceptors (Lipinski definition) is 4. The van der Waals surface area contributed by atoms with Crippen molar-refractivity contribution >= 4 is 17.8 Å². The second-order valence-corrected chi connectivity index (χ2v) is 7.99. The number of amides is 2. The molecule has 1 saturated heterocycles. The van der Waals surface area contributed by atoms with Crippen LogP contribution < -0.4 is 5.73 Å². The van der Waals surface area contributed by atoms with Crippen molar-refractivity contribution in [3.05, 3.63) is 34.9 Å². The van der Waals surface area contributed by atoms with Gasteiger partial charge in [0.15, 0.2) is 5.78 Å². The van der Waals surface area contributed by atoms with Gasteiger partial charge in [-0.3, -0.25) is 9.59 Å². The first-order chi connectivity index (χ1) is 11.6. The molecule has 2 N–H and O–H groups in total. The molecule has 1 spiro atoms. The third-order valence-corrected chi connectivity index (χ3v) is 5.02. The van der Waals surface area contributed by atoms with Crippen molar-refractivity contribution in [3.8, 4) is 0 Å². The fourth-order valence-corrected chi connectivity index (χ4v) is 3.67. The van der Waals surface area contributed by atoms with E-state index in [1.165, 1.54) is 0 Å². The predicted octanol–water partition coefficient (Wildman–Crippen LogP) is 2.54. The van der Waals surface area contributed by atoms with Gasteiger partial charge in [0.1, 0.15) is 5.60 Å². The van der Waals surface area contributed by atoms with E-state index < -0.39 is 16.9 Å². The molecule has 1 aromatic carbocycles. The van der Waals surface area contributed by atoms with Gasteiger partial charge >= 0.3 is 6.09 Å². The number of likely N-dealkylation sites (tertiary alicyclic amines) is 1. The maximum absolute atomic E-state index is 13.0. The first kappa shape index (κ1) is 17.5. The highest BCUT2D eigenvalue weighted by atomic mass is 16.6. The summed E-state index contributed by atoms with van der Waals surface area (Å²) in [6, 6.07) is 5.10. The summed E-state index contributed by atoms with van der Waals surface area (Å²) in [7, 11) is 0. The highest BCUT2D eigenvalue weighted by molar-refractivity contribution is 6.07. The summed E-state index contributed by atoms with van der Waals surface area (Å²) in [5.74, 6) is -0.467. The Morgan fingerprint density at radius 2 is 1.84 bits per heavy atom. The molecule has 0 bridgehead atoms. The summed E-state index contributed by atoms with van der Waals surface area (Å²) >= 11 is 0. The number of nitrogens with zero attached hydrogens (tertiary/aromatic N) is 1. The van der Waals surface area contributed by atoms with E-state index in [4.69, 9.17) is 10.5 Å². The van der Waals surface area contributed by atoms with E-state index in [0.29, 0.717) is 43.5 Å². The quantitative estimate of drug-likeness (QED) is 0.848. The van der Waals surface area contributed by atoms with Gasteiger partial charge in [0.25, 0.3) is 0 Å². The number of rotatable bonds is 1. The van der Waals surface area contributed by atoms with Crippen LogP contribution in [0.2, 0.25) is 0 Å². The number of benzene rings is 1. The monoisotopic (exact) mass is 344 g/mol. The summed E-state index contributed by atoms with van der Waals surface area (Å²) < 4.78 is 5.41. The standard InChI is InChI=1S/C19H24N2O4/c1-18(2,3)25-17(24)21-8-6-19(7-9-21)11-13-5-4-12(16(20)23)10-14(13)15(19)22/h4-5,10H,6-9,11H2,1-3H3,(H2,20,23). The molecule has 0 atom stereocenters. The average Bonchev–Trinajstić information content (AvgIpc) is 2.78. The van der Waals surface area contributed by atoms with Gasteiger partial charge in [-0.05, 0) is 57.7 Å². The van der Waals surface area contributed by atoms with Crippen LogP contribution in [0.5, 0.6) is 0 Å². The van der Waals surface area contributed by atoms with Gasteiger partial charge in [-0.25, -0.2) is 4.79 Å². The number of nitrogens with two attached hydrogens (primary N) is 1. The van der Waals surface area contributed by atoms with Gasteiger partial charge in [-0.2, -0.15) is 0 Å². The maximum Gasteiger partial charge on any atom is 0.410 e. The van der Waals surface area contributed by atoms with E-state index in [0.717, 1.165) is 5.56 Å². The van der Waals surface area contributed by atoms with Gasteiger partial charge in [0.2, 0.25) is 5.91 Å². The molecule has 0 unspecified atom stereocenters. The maximum atomic E-state index is 13.0. The number of primary amides is 1. The fourth-order valence-electron chi connectivity index (χ4n) is 3.67. The van der Waals surface area contributed by atoms with Crippen molar-refractivity contribution in [3.63, 3.8) is 0 Å². The predicted molar refractivity (Wildman–Crippen MR) is 92.5 cm³/mol. The molecule has 1 aromatic rings.